The van der Waals surface area contributed by atoms with Gasteiger partial charge in [0.25, 0.3) is 5.91 Å². The molecule has 1 aliphatic heterocycles. The van der Waals surface area contributed by atoms with Gasteiger partial charge in [0, 0.05) is 0 Å². The minimum Gasteiger partial charge on any atom is -0.450 e. The second-order valence-corrected chi connectivity index (χ2v) is 5.61. The van der Waals surface area contributed by atoms with Gasteiger partial charge in [-0.3, -0.25) is 19.8 Å². The molecule has 1 aliphatic rings. The average Bonchev–Trinajstić information content (AvgIpc) is 2.81. The fraction of sp³-hybridized carbons (Fsp3) is 0.412. The van der Waals surface area contributed by atoms with Gasteiger partial charge in [-0.2, -0.15) is 0 Å². The molecule has 1 fully saturated rings. The van der Waals surface area contributed by atoms with Crippen molar-refractivity contribution in [3.8, 4) is 0 Å². The van der Waals surface area contributed by atoms with E-state index in [4.69, 9.17) is 0 Å². The van der Waals surface area contributed by atoms with E-state index in [0.29, 0.717) is 18.4 Å². The van der Waals surface area contributed by atoms with E-state index in [1.165, 1.54) is 0 Å². The van der Waals surface area contributed by atoms with Crippen LogP contribution < -0.4 is 10.6 Å². The number of hydrogen-bond acceptors (Lipinski definition) is 5. The maximum absolute atomic E-state index is 12.9. The minimum atomic E-state index is -1.20. The van der Waals surface area contributed by atoms with E-state index in [-0.39, 0.29) is 6.61 Å². The van der Waals surface area contributed by atoms with Crippen LogP contribution in [-0.2, 0) is 19.9 Å². The van der Waals surface area contributed by atoms with Gasteiger partial charge in [-0.05, 0) is 18.9 Å². The SMILES string of the molecule is CCC[C@]1(c2ccccc2)NC(=O)N(CC(=O)NC(=O)OCC)C1=O. The molecule has 1 atom stereocenters. The van der Waals surface area contributed by atoms with E-state index in [0.717, 1.165) is 4.90 Å². The van der Waals surface area contributed by atoms with Gasteiger partial charge in [0.1, 0.15) is 12.1 Å². The molecule has 5 amide bonds. The second-order valence-electron chi connectivity index (χ2n) is 5.61. The molecular weight excluding hydrogens is 326 g/mol. The highest BCUT2D eigenvalue weighted by Crippen LogP contribution is 2.33. The van der Waals surface area contributed by atoms with Crippen molar-refractivity contribution >= 4 is 23.9 Å². The van der Waals surface area contributed by atoms with Gasteiger partial charge in [-0.25, -0.2) is 9.59 Å². The largest absolute Gasteiger partial charge is 0.450 e. The number of nitrogens with zero attached hydrogens (tertiary/aromatic N) is 1. The molecular formula is C17H21N3O5. The highest BCUT2D eigenvalue weighted by Gasteiger charge is 2.52. The predicted octanol–water partition coefficient (Wildman–Crippen LogP) is 1.51. The van der Waals surface area contributed by atoms with Gasteiger partial charge < -0.3 is 10.1 Å². The van der Waals surface area contributed by atoms with Gasteiger partial charge in [-0.15, -0.1) is 0 Å². The number of carbonyl (C=O) groups is 4. The van der Waals surface area contributed by atoms with E-state index >= 15 is 0 Å². The first-order chi connectivity index (χ1) is 11.9. The standard InChI is InChI=1S/C17H21N3O5/c1-3-10-17(12-8-6-5-7-9-12)14(22)20(15(23)19-17)11-13(21)18-16(24)25-4-2/h5-9H,3-4,10-11H2,1-2H3,(H,19,23)(H,18,21,24)/t17-/m1/s1. The molecule has 1 aromatic rings. The van der Waals surface area contributed by atoms with Crippen LogP contribution in [0.5, 0.6) is 0 Å². The number of imide groups is 2. The minimum absolute atomic E-state index is 0.107. The number of alkyl carbamates (subject to hydrolysis) is 1. The Morgan fingerprint density at radius 1 is 1.20 bits per heavy atom. The fourth-order valence-corrected chi connectivity index (χ4v) is 2.84. The molecule has 2 rings (SSSR count). The maximum Gasteiger partial charge on any atom is 0.413 e. The summed E-state index contributed by atoms with van der Waals surface area (Å²) in [5, 5.41) is 4.68. The van der Waals surface area contributed by atoms with Crippen molar-refractivity contribution in [2.24, 2.45) is 0 Å². The van der Waals surface area contributed by atoms with Crippen LogP contribution in [0.25, 0.3) is 0 Å². The van der Waals surface area contributed by atoms with Crippen molar-refractivity contribution in [3.63, 3.8) is 0 Å². The number of urea groups is 1. The number of benzene rings is 1. The fourth-order valence-electron chi connectivity index (χ4n) is 2.84. The zero-order valence-electron chi connectivity index (χ0n) is 14.2. The van der Waals surface area contributed by atoms with Crippen molar-refractivity contribution in [1.29, 1.82) is 0 Å². The molecule has 2 N–H and O–H groups in total. The molecule has 0 aromatic heterocycles. The lowest BCUT2D eigenvalue weighted by Crippen LogP contribution is -2.45. The molecule has 8 nitrogen and oxygen atoms in total. The molecule has 1 aromatic carbocycles. The van der Waals surface area contributed by atoms with E-state index < -0.39 is 36.0 Å². The maximum atomic E-state index is 12.9. The average molecular weight is 347 g/mol. The van der Waals surface area contributed by atoms with Gasteiger partial charge in [0.15, 0.2) is 0 Å². The van der Waals surface area contributed by atoms with E-state index in [2.05, 4.69) is 10.1 Å². The van der Waals surface area contributed by atoms with E-state index in [1.54, 1.807) is 31.2 Å². The van der Waals surface area contributed by atoms with Gasteiger partial charge in [0.05, 0.1) is 6.61 Å². The molecule has 0 spiro atoms. The number of carbonyl (C=O) groups excluding carboxylic acids is 4. The lowest BCUT2D eigenvalue weighted by molar-refractivity contribution is -0.135. The van der Waals surface area contributed by atoms with Crippen molar-refractivity contribution in [3.05, 3.63) is 35.9 Å². The third-order valence-corrected chi connectivity index (χ3v) is 3.89. The summed E-state index contributed by atoms with van der Waals surface area (Å²) in [4.78, 5) is 49.2. The van der Waals surface area contributed by atoms with Crippen LogP contribution in [0.4, 0.5) is 9.59 Å². The van der Waals surface area contributed by atoms with Crippen LogP contribution in [-0.4, -0.2) is 42.0 Å². The van der Waals surface area contributed by atoms with Crippen molar-refractivity contribution < 1.29 is 23.9 Å². The van der Waals surface area contributed by atoms with Gasteiger partial charge in [0.2, 0.25) is 5.91 Å². The van der Waals surface area contributed by atoms with E-state index in [1.807, 2.05) is 18.3 Å². The Labute approximate surface area is 145 Å². The summed E-state index contributed by atoms with van der Waals surface area (Å²) in [6.45, 7) is 3.05. The number of rotatable bonds is 6. The summed E-state index contributed by atoms with van der Waals surface area (Å²) in [6.07, 6.45) is 0.142. The van der Waals surface area contributed by atoms with Crippen LogP contribution in [0, 0.1) is 0 Å². The van der Waals surface area contributed by atoms with Crippen LogP contribution in [0.3, 0.4) is 0 Å². The number of amides is 5. The van der Waals surface area contributed by atoms with Crippen LogP contribution in [0.1, 0.15) is 32.3 Å². The third-order valence-electron chi connectivity index (χ3n) is 3.89. The normalized spacial score (nSPS) is 19.5. The lowest BCUT2D eigenvalue weighted by Gasteiger charge is -2.26. The molecule has 134 valence electrons. The molecule has 0 aliphatic carbocycles. The Morgan fingerprint density at radius 2 is 1.88 bits per heavy atom. The Morgan fingerprint density at radius 3 is 2.48 bits per heavy atom. The molecule has 0 unspecified atom stereocenters. The first kappa shape index (κ1) is 18.4. The smallest absolute Gasteiger partial charge is 0.413 e. The summed E-state index contributed by atoms with van der Waals surface area (Å²) in [7, 11) is 0. The molecule has 0 saturated carbocycles. The number of ether oxygens (including phenoxy) is 1. The summed E-state index contributed by atoms with van der Waals surface area (Å²) in [5.41, 5.74) is -0.541. The predicted molar refractivity (Wildman–Crippen MR) is 88.4 cm³/mol. The van der Waals surface area contributed by atoms with Crippen molar-refractivity contribution in [1.82, 2.24) is 15.5 Å². The summed E-state index contributed by atoms with van der Waals surface area (Å²) in [5.74, 6) is -1.30. The monoisotopic (exact) mass is 347 g/mol. The molecule has 1 heterocycles. The Kier molecular flexibility index (Phi) is 5.74. The zero-order chi connectivity index (χ0) is 18.4. The zero-order valence-corrected chi connectivity index (χ0v) is 14.2. The van der Waals surface area contributed by atoms with Gasteiger partial charge in [-0.1, -0.05) is 43.7 Å². The Balaban J connectivity index is 2.20. The summed E-state index contributed by atoms with van der Waals surface area (Å²) < 4.78 is 4.60. The first-order valence-electron chi connectivity index (χ1n) is 8.10. The lowest BCUT2D eigenvalue weighted by atomic mass is 9.85. The second kappa shape index (κ2) is 7.78. The number of hydrogen-bond donors (Lipinski definition) is 2. The molecule has 1 saturated heterocycles. The van der Waals surface area contributed by atoms with Crippen molar-refractivity contribution in [2.45, 2.75) is 32.2 Å². The molecule has 0 bridgehead atoms. The summed E-state index contributed by atoms with van der Waals surface area (Å²) in [6, 6.07) is 8.23. The molecule has 0 radical (unpaired) electrons. The topological polar surface area (TPSA) is 105 Å². The van der Waals surface area contributed by atoms with E-state index in [9.17, 15) is 19.2 Å². The molecule has 25 heavy (non-hydrogen) atoms. The third kappa shape index (κ3) is 3.78. The Bertz CT molecular complexity index is 676. The highest BCUT2D eigenvalue weighted by atomic mass is 16.5. The quantitative estimate of drug-likeness (QED) is 0.759. The number of nitrogens with one attached hydrogen (secondary N) is 2. The summed E-state index contributed by atoms with van der Waals surface area (Å²) >= 11 is 0. The van der Waals surface area contributed by atoms with Gasteiger partial charge >= 0.3 is 12.1 Å². The molecule has 8 heteroatoms. The first-order valence-corrected chi connectivity index (χ1v) is 8.10. The van der Waals surface area contributed by atoms with Crippen LogP contribution in [0.15, 0.2) is 30.3 Å². The Hall–Kier alpha value is -2.90. The van der Waals surface area contributed by atoms with Crippen LogP contribution in [0.2, 0.25) is 0 Å². The highest BCUT2D eigenvalue weighted by molar-refractivity contribution is 6.10. The van der Waals surface area contributed by atoms with Crippen LogP contribution >= 0.6 is 0 Å². The van der Waals surface area contributed by atoms with Crippen molar-refractivity contribution in [2.75, 3.05) is 13.2 Å².